The van der Waals surface area contributed by atoms with Crippen molar-refractivity contribution in [1.29, 1.82) is 0 Å². The summed E-state index contributed by atoms with van der Waals surface area (Å²) in [6.07, 6.45) is -0.136. The third kappa shape index (κ3) is 2.71. The lowest BCUT2D eigenvalue weighted by atomic mass is 9.39. The smallest absolute Gasteiger partial charge is 0.303 e. The van der Waals surface area contributed by atoms with Crippen molar-refractivity contribution >= 4 is 17.7 Å². The molecule has 1 aromatic heterocycles. The van der Waals surface area contributed by atoms with Gasteiger partial charge >= 0.3 is 11.9 Å². The predicted molar refractivity (Wildman–Crippen MR) is 111 cm³/mol. The van der Waals surface area contributed by atoms with Gasteiger partial charge < -0.3 is 24.1 Å². The third-order valence-corrected chi connectivity index (χ3v) is 8.56. The average molecular weight is 449 g/mol. The lowest BCUT2D eigenvalue weighted by molar-refractivity contribution is -0.317. The number of carbonyl (C=O) groups is 3. The number of ketones is 1. The number of esters is 2. The SMILES string of the molecule is CC(=O)O[C@@H]1[C@@H]2[C@H](Cc3occc3[C@@]2(C)O)[C@@]2(C)C(=O)CCC(C)(C)[C@]2(O)[C@H]1OC(C)=O. The zero-order valence-corrected chi connectivity index (χ0v) is 19.4. The molecule has 1 heterocycles. The molecule has 8 heteroatoms. The maximum atomic E-state index is 13.6. The molecule has 32 heavy (non-hydrogen) atoms. The van der Waals surface area contributed by atoms with Gasteiger partial charge in [0.2, 0.25) is 0 Å². The first-order chi connectivity index (χ1) is 14.7. The summed E-state index contributed by atoms with van der Waals surface area (Å²) >= 11 is 0. The Morgan fingerprint density at radius 1 is 1.09 bits per heavy atom. The molecule has 2 fully saturated rings. The fourth-order valence-corrected chi connectivity index (χ4v) is 7.01. The van der Waals surface area contributed by atoms with E-state index in [1.54, 1.807) is 19.9 Å². The molecule has 0 radical (unpaired) electrons. The van der Waals surface area contributed by atoms with E-state index in [0.717, 1.165) is 0 Å². The van der Waals surface area contributed by atoms with Crippen LogP contribution in [0.2, 0.25) is 0 Å². The second-order valence-corrected chi connectivity index (χ2v) is 10.6. The summed E-state index contributed by atoms with van der Waals surface area (Å²) in [4.78, 5) is 38.0. The van der Waals surface area contributed by atoms with E-state index in [2.05, 4.69) is 0 Å². The van der Waals surface area contributed by atoms with Gasteiger partial charge in [-0.15, -0.1) is 0 Å². The van der Waals surface area contributed by atoms with Gasteiger partial charge in [-0.3, -0.25) is 14.4 Å². The van der Waals surface area contributed by atoms with Crippen molar-refractivity contribution in [1.82, 2.24) is 0 Å². The highest BCUT2D eigenvalue weighted by Gasteiger charge is 2.78. The van der Waals surface area contributed by atoms with Crippen LogP contribution >= 0.6 is 0 Å². The fourth-order valence-electron chi connectivity index (χ4n) is 7.01. The maximum Gasteiger partial charge on any atom is 0.303 e. The molecule has 7 atom stereocenters. The van der Waals surface area contributed by atoms with Crippen LogP contribution in [0.3, 0.4) is 0 Å². The minimum absolute atomic E-state index is 0.168. The van der Waals surface area contributed by atoms with Crippen LogP contribution in [0.25, 0.3) is 0 Å². The van der Waals surface area contributed by atoms with E-state index in [1.807, 2.05) is 13.8 Å². The molecule has 8 nitrogen and oxygen atoms in total. The number of carbonyl (C=O) groups excluding carboxylic acids is 3. The van der Waals surface area contributed by atoms with Crippen LogP contribution in [-0.4, -0.2) is 45.7 Å². The number of ether oxygens (including phenoxy) is 2. The van der Waals surface area contributed by atoms with Gasteiger partial charge in [-0.05, 0) is 37.7 Å². The van der Waals surface area contributed by atoms with E-state index < -0.39 is 58.0 Å². The number of rotatable bonds is 2. The zero-order chi connectivity index (χ0) is 23.9. The van der Waals surface area contributed by atoms with Crippen molar-refractivity contribution < 1.29 is 38.5 Å². The summed E-state index contributed by atoms with van der Waals surface area (Å²) in [5.74, 6) is -2.38. The van der Waals surface area contributed by atoms with Crippen molar-refractivity contribution in [3.63, 3.8) is 0 Å². The van der Waals surface area contributed by atoms with E-state index in [9.17, 15) is 24.6 Å². The van der Waals surface area contributed by atoms with Crippen LogP contribution in [0.1, 0.15) is 65.7 Å². The molecule has 0 amide bonds. The zero-order valence-electron chi connectivity index (χ0n) is 19.4. The Bertz CT molecular complexity index is 974. The molecule has 3 aliphatic rings. The van der Waals surface area contributed by atoms with Gasteiger partial charge in [0.25, 0.3) is 0 Å². The molecule has 0 bridgehead atoms. The Kier molecular flexibility index (Phi) is 4.96. The van der Waals surface area contributed by atoms with Crippen molar-refractivity contribution in [2.45, 2.75) is 84.2 Å². The normalized spacial score (nSPS) is 42.3. The number of furan rings is 1. The van der Waals surface area contributed by atoms with Crippen LogP contribution < -0.4 is 0 Å². The highest BCUT2D eigenvalue weighted by atomic mass is 16.6. The molecule has 0 saturated heterocycles. The highest BCUT2D eigenvalue weighted by molar-refractivity contribution is 5.88. The lowest BCUT2D eigenvalue weighted by Crippen LogP contribution is -2.80. The Morgan fingerprint density at radius 2 is 1.72 bits per heavy atom. The molecule has 0 aliphatic heterocycles. The molecule has 4 rings (SSSR count). The topological polar surface area (TPSA) is 123 Å². The van der Waals surface area contributed by atoms with Crippen molar-refractivity contribution in [3.05, 3.63) is 23.7 Å². The van der Waals surface area contributed by atoms with E-state index >= 15 is 0 Å². The van der Waals surface area contributed by atoms with Crippen molar-refractivity contribution in [3.8, 4) is 0 Å². The summed E-state index contributed by atoms with van der Waals surface area (Å²) in [7, 11) is 0. The molecule has 0 spiro atoms. The van der Waals surface area contributed by atoms with Gasteiger partial charge in [0.15, 0.2) is 6.10 Å². The number of Topliss-reactive ketones (excluding diaryl/α,β-unsaturated/α-hetero) is 1. The second-order valence-electron chi connectivity index (χ2n) is 10.6. The molecular formula is C24H32O8. The highest BCUT2D eigenvalue weighted by Crippen LogP contribution is 2.67. The summed E-state index contributed by atoms with van der Waals surface area (Å²) in [5.41, 5.74) is -5.11. The van der Waals surface area contributed by atoms with Crippen LogP contribution in [0.5, 0.6) is 0 Å². The van der Waals surface area contributed by atoms with E-state index in [0.29, 0.717) is 17.7 Å². The first-order valence-corrected chi connectivity index (χ1v) is 11.1. The van der Waals surface area contributed by atoms with Gasteiger partial charge in [-0.2, -0.15) is 0 Å². The lowest BCUT2D eigenvalue weighted by Gasteiger charge is -2.68. The van der Waals surface area contributed by atoms with Gasteiger partial charge in [-0.1, -0.05) is 13.8 Å². The first-order valence-electron chi connectivity index (χ1n) is 11.1. The van der Waals surface area contributed by atoms with E-state index in [1.165, 1.54) is 20.1 Å². The van der Waals surface area contributed by atoms with Gasteiger partial charge in [0.05, 0.1) is 17.3 Å². The second kappa shape index (κ2) is 6.90. The molecule has 2 saturated carbocycles. The Hall–Kier alpha value is -2.19. The number of fused-ring (bicyclic) bond motifs is 4. The molecular weight excluding hydrogens is 416 g/mol. The van der Waals surface area contributed by atoms with Crippen molar-refractivity contribution in [2.24, 2.45) is 22.7 Å². The predicted octanol–water partition coefficient (Wildman–Crippen LogP) is 2.28. The Morgan fingerprint density at radius 3 is 2.31 bits per heavy atom. The molecule has 0 aromatic carbocycles. The summed E-state index contributed by atoms with van der Waals surface area (Å²) < 4.78 is 17.0. The van der Waals surface area contributed by atoms with Crippen LogP contribution in [-0.2, 0) is 35.9 Å². The van der Waals surface area contributed by atoms with Crippen LogP contribution in [0.15, 0.2) is 16.7 Å². The minimum atomic E-state index is -1.84. The number of hydrogen-bond donors (Lipinski definition) is 2. The standard InChI is InChI=1S/C24H32O8/c1-12(25)31-19-18-15(11-16-14(8-10-30-16)23(18,6)28)22(5)17(27)7-9-21(3,4)24(22,29)20(19)32-13(2)26/h8,10,15,18-20,28-29H,7,9,11H2,1-6H3/t15-,18-,19+,20-,22-,23+,24+/m0/s1. The maximum absolute atomic E-state index is 13.6. The molecule has 1 aromatic rings. The van der Waals surface area contributed by atoms with Gasteiger partial charge in [-0.25, -0.2) is 0 Å². The molecule has 2 N–H and O–H groups in total. The Balaban J connectivity index is 2.04. The number of hydrogen-bond acceptors (Lipinski definition) is 8. The fraction of sp³-hybridized carbons (Fsp3) is 0.708. The molecule has 176 valence electrons. The summed E-state index contributed by atoms with van der Waals surface area (Å²) in [6.45, 7) is 9.39. The largest absolute Gasteiger partial charge is 0.469 e. The van der Waals surface area contributed by atoms with Gasteiger partial charge in [0, 0.05) is 38.2 Å². The van der Waals surface area contributed by atoms with Gasteiger partial charge in [0.1, 0.15) is 23.2 Å². The molecule has 0 unspecified atom stereocenters. The summed E-state index contributed by atoms with van der Waals surface area (Å²) in [6, 6.07) is 1.66. The summed E-state index contributed by atoms with van der Waals surface area (Å²) in [5, 5.41) is 24.2. The third-order valence-electron chi connectivity index (χ3n) is 8.56. The first kappa shape index (κ1) is 23.0. The molecule has 3 aliphatic carbocycles. The Labute approximate surface area is 187 Å². The minimum Gasteiger partial charge on any atom is -0.469 e. The van der Waals surface area contributed by atoms with Crippen LogP contribution in [0, 0.1) is 22.7 Å². The number of aliphatic hydroxyl groups is 2. The van der Waals surface area contributed by atoms with E-state index in [-0.39, 0.29) is 18.6 Å². The van der Waals surface area contributed by atoms with Crippen molar-refractivity contribution in [2.75, 3.05) is 0 Å². The van der Waals surface area contributed by atoms with E-state index in [4.69, 9.17) is 13.9 Å². The quantitative estimate of drug-likeness (QED) is 0.661. The average Bonchev–Trinajstić information content (AvgIpc) is 3.15. The monoisotopic (exact) mass is 448 g/mol. The van der Waals surface area contributed by atoms with Crippen LogP contribution in [0.4, 0.5) is 0 Å².